The fraction of sp³-hybridized carbons (Fsp3) is 0.263. The van der Waals surface area contributed by atoms with E-state index in [9.17, 15) is 0 Å². The summed E-state index contributed by atoms with van der Waals surface area (Å²) in [4.78, 5) is 3.57. The molecule has 0 unspecified atom stereocenters. The molecule has 0 fully saturated rings. The Morgan fingerprint density at radius 3 is 2.57 bits per heavy atom. The molecule has 1 aromatic heterocycles. The lowest BCUT2D eigenvalue weighted by Gasteiger charge is -2.33. The summed E-state index contributed by atoms with van der Waals surface area (Å²) in [7, 11) is 1.70. The minimum absolute atomic E-state index is 0.130. The zero-order valence-corrected chi connectivity index (χ0v) is 14.8. The van der Waals surface area contributed by atoms with Crippen molar-refractivity contribution in [1.29, 1.82) is 0 Å². The molecule has 0 aliphatic heterocycles. The molecule has 0 saturated carbocycles. The van der Waals surface area contributed by atoms with E-state index < -0.39 is 0 Å². The van der Waals surface area contributed by atoms with Crippen LogP contribution in [-0.4, -0.2) is 12.1 Å². The van der Waals surface area contributed by atoms with E-state index in [1.807, 2.05) is 18.2 Å². The number of benzene rings is 2. The second-order valence-corrected chi connectivity index (χ2v) is 7.43. The topological polar surface area (TPSA) is 25.0 Å². The molecule has 118 valence electrons. The van der Waals surface area contributed by atoms with Crippen LogP contribution < -0.4 is 4.74 Å². The van der Waals surface area contributed by atoms with Crippen molar-refractivity contribution < 1.29 is 4.74 Å². The summed E-state index contributed by atoms with van der Waals surface area (Å²) in [5.41, 5.74) is 6.07. The van der Waals surface area contributed by atoms with E-state index in [2.05, 4.69) is 31.0 Å². The third-order valence-corrected chi connectivity index (χ3v) is 5.65. The third-order valence-electron chi connectivity index (χ3n) is 4.93. The van der Waals surface area contributed by atoms with E-state index >= 15 is 0 Å². The quantitative estimate of drug-likeness (QED) is 0.599. The molecule has 1 heterocycles. The number of nitrogens with one attached hydrogen (secondary N) is 1. The highest BCUT2D eigenvalue weighted by molar-refractivity contribution is 6.42. The van der Waals surface area contributed by atoms with Gasteiger partial charge in [-0.3, -0.25) is 0 Å². The van der Waals surface area contributed by atoms with Crippen LogP contribution in [0.1, 0.15) is 36.2 Å². The van der Waals surface area contributed by atoms with Crippen molar-refractivity contribution in [2.45, 2.75) is 25.7 Å². The Kier molecular flexibility index (Phi) is 3.20. The maximum Gasteiger partial charge on any atom is 0.119 e. The molecule has 3 aromatic rings. The van der Waals surface area contributed by atoms with Gasteiger partial charge >= 0.3 is 0 Å². The molecule has 2 aromatic carbocycles. The minimum Gasteiger partial charge on any atom is -0.497 e. The number of aromatic amines is 1. The Balaban J connectivity index is 2.00. The van der Waals surface area contributed by atoms with Crippen LogP contribution in [0.3, 0.4) is 0 Å². The molecular weight excluding hydrogens is 329 g/mol. The number of hydrogen-bond donors (Lipinski definition) is 1. The highest BCUT2D eigenvalue weighted by atomic mass is 35.5. The number of H-pyrrole nitrogens is 1. The molecule has 23 heavy (non-hydrogen) atoms. The molecule has 1 N–H and O–H groups in total. The summed E-state index contributed by atoms with van der Waals surface area (Å²) in [6.45, 7) is 4.48. The van der Waals surface area contributed by atoms with Crippen LogP contribution in [0.5, 0.6) is 5.75 Å². The van der Waals surface area contributed by atoms with Crippen molar-refractivity contribution in [1.82, 2.24) is 4.98 Å². The second-order valence-electron chi connectivity index (χ2n) is 6.62. The van der Waals surface area contributed by atoms with Gasteiger partial charge in [-0.25, -0.2) is 0 Å². The summed E-state index contributed by atoms with van der Waals surface area (Å²) in [6, 6.07) is 10.2. The zero-order valence-electron chi connectivity index (χ0n) is 13.3. The first-order valence-corrected chi connectivity index (χ1v) is 8.35. The molecule has 4 heteroatoms. The number of rotatable bonds is 1. The van der Waals surface area contributed by atoms with E-state index in [0.717, 1.165) is 23.1 Å². The Hall–Kier alpha value is -1.64. The maximum absolute atomic E-state index is 6.24. The fourth-order valence-electron chi connectivity index (χ4n) is 3.71. The first-order valence-electron chi connectivity index (χ1n) is 7.59. The molecule has 1 aliphatic carbocycles. The fourth-order valence-corrected chi connectivity index (χ4v) is 4.03. The van der Waals surface area contributed by atoms with Gasteiger partial charge in [0.25, 0.3) is 0 Å². The van der Waals surface area contributed by atoms with Gasteiger partial charge in [0.2, 0.25) is 0 Å². The number of halogens is 2. The van der Waals surface area contributed by atoms with Crippen molar-refractivity contribution in [3.05, 3.63) is 62.8 Å². The van der Waals surface area contributed by atoms with Crippen molar-refractivity contribution in [2.24, 2.45) is 0 Å². The van der Waals surface area contributed by atoms with Crippen LogP contribution in [0.2, 0.25) is 10.0 Å². The van der Waals surface area contributed by atoms with E-state index in [-0.39, 0.29) is 5.41 Å². The summed E-state index contributed by atoms with van der Waals surface area (Å²) in [5.74, 6) is 0.891. The van der Waals surface area contributed by atoms with Crippen LogP contribution in [0.15, 0.2) is 30.3 Å². The number of ether oxygens (including phenoxy) is 1. The molecule has 0 atom stereocenters. The SMILES string of the molecule is COc1ccc2c(c1)C(C)(C)c1[nH]c3cc(Cl)c(Cl)cc3c1C2. The van der Waals surface area contributed by atoms with Gasteiger partial charge in [-0.2, -0.15) is 0 Å². The Bertz CT molecular complexity index is 940. The summed E-state index contributed by atoms with van der Waals surface area (Å²) in [5, 5.41) is 2.33. The van der Waals surface area contributed by atoms with Gasteiger partial charge in [-0.05, 0) is 41.0 Å². The normalized spacial score (nSPS) is 15.3. The van der Waals surface area contributed by atoms with E-state index in [0.29, 0.717) is 10.0 Å². The largest absolute Gasteiger partial charge is 0.497 e. The van der Waals surface area contributed by atoms with Crippen LogP contribution in [-0.2, 0) is 11.8 Å². The highest BCUT2D eigenvalue weighted by Crippen LogP contribution is 2.45. The first-order chi connectivity index (χ1) is 10.9. The van der Waals surface area contributed by atoms with Crippen LogP contribution >= 0.6 is 23.2 Å². The van der Waals surface area contributed by atoms with Gasteiger partial charge in [0, 0.05) is 28.4 Å². The van der Waals surface area contributed by atoms with Crippen LogP contribution in [0.4, 0.5) is 0 Å². The average Bonchev–Trinajstić information content (AvgIpc) is 2.87. The predicted molar refractivity (Wildman–Crippen MR) is 96.2 cm³/mol. The molecule has 4 rings (SSSR count). The highest BCUT2D eigenvalue weighted by Gasteiger charge is 2.35. The molecule has 1 aliphatic rings. The van der Waals surface area contributed by atoms with Gasteiger partial charge in [0.1, 0.15) is 5.75 Å². The molecule has 0 bridgehead atoms. The summed E-state index contributed by atoms with van der Waals surface area (Å²) in [6.07, 6.45) is 0.885. The van der Waals surface area contributed by atoms with E-state index in [1.165, 1.54) is 22.4 Å². The average molecular weight is 346 g/mol. The molecule has 0 saturated heterocycles. The number of methoxy groups -OCH3 is 1. The van der Waals surface area contributed by atoms with Gasteiger partial charge in [0.05, 0.1) is 17.2 Å². The molecule has 0 spiro atoms. The van der Waals surface area contributed by atoms with Gasteiger partial charge in [0.15, 0.2) is 0 Å². The number of aromatic nitrogens is 1. The zero-order chi connectivity index (χ0) is 16.4. The van der Waals surface area contributed by atoms with Crippen molar-refractivity contribution in [2.75, 3.05) is 7.11 Å². The lowest BCUT2D eigenvalue weighted by atomic mass is 9.72. The van der Waals surface area contributed by atoms with Crippen LogP contribution in [0.25, 0.3) is 10.9 Å². The lowest BCUT2D eigenvalue weighted by molar-refractivity contribution is 0.412. The van der Waals surface area contributed by atoms with Crippen molar-refractivity contribution in [3.8, 4) is 5.75 Å². The number of fused-ring (bicyclic) bond motifs is 4. The van der Waals surface area contributed by atoms with Gasteiger partial charge in [-0.15, -0.1) is 0 Å². The van der Waals surface area contributed by atoms with Crippen molar-refractivity contribution in [3.63, 3.8) is 0 Å². The smallest absolute Gasteiger partial charge is 0.119 e. The molecule has 0 radical (unpaired) electrons. The maximum atomic E-state index is 6.24. The molecule has 0 amide bonds. The second kappa shape index (κ2) is 4.93. The summed E-state index contributed by atoms with van der Waals surface area (Å²) < 4.78 is 5.41. The summed E-state index contributed by atoms with van der Waals surface area (Å²) >= 11 is 12.4. The Morgan fingerprint density at radius 2 is 1.83 bits per heavy atom. The van der Waals surface area contributed by atoms with Crippen molar-refractivity contribution >= 4 is 34.1 Å². The van der Waals surface area contributed by atoms with Gasteiger partial charge in [-0.1, -0.05) is 43.1 Å². The first kappa shape index (κ1) is 14.9. The molecular formula is C19H17Cl2NO. The number of hydrogen-bond acceptors (Lipinski definition) is 1. The molecule has 2 nitrogen and oxygen atoms in total. The van der Waals surface area contributed by atoms with Gasteiger partial charge < -0.3 is 9.72 Å². The van der Waals surface area contributed by atoms with Crippen LogP contribution in [0, 0.1) is 0 Å². The standard InChI is InChI=1S/C19H17Cl2NO/c1-19(2)14-7-11(23-3)5-4-10(14)6-13-12-8-15(20)16(21)9-17(12)22-18(13)19/h4-5,7-9,22H,6H2,1-3H3. The predicted octanol–water partition coefficient (Wildman–Crippen LogP) is 5.71. The lowest BCUT2D eigenvalue weighted by Crippen LogP contribution is -2.27. The Morgan fingerprint density at radius 1 is 1.09 bits per heavy atom. The van der Waals surface area contributed by atoms with E-state index in [4.69, 9.17) is 27.9 Å². The Labute approximate surface area is 145 Å². The monoisotopic (exact) mass is 345 g/mol. The third kappa shape index (κ3) is 2.09. The van der Waals surface area contributed by atoms with E-state index in [1.54, 1.807) is 7.11 Å². The minimum atomic E-state index is -0.130.